The number of hydrogen-bond donors (Lipinski definition) is 3. The first-order valence-electron chi connectivity index (χ1n) is 8.65. The Labute approximate surface area is 140 Å². The van der Waals surface area contributed by atoms with E-state index in [-0.39, 0.29) is 5.91 Å². The summed E-state index contributed by atoms with van der Waals surface area (Å²) in [7, 11) is 0. The van der Waals surface area contributed by atoms with E-state index in [0.29, 0.717) is 18.2 Å². The van der Waals surface area contributed by atoms with Gasteiger partial charge in [-0.1, -0.05) is 25.5 Å². The maximum atomic E-state index is 12.0. The highest BCUT2D eigenvalue weighted by Crippen LogP contribution is 2.20. The second kappa shape index (κ2) is 10.1. The van der Waals surface area contributed by atoms with Crippen LogP contribution in [0.1, 0.15) is 52.9 Å². The summed E-state index contributed by atoms with van der Waals surface area (Å²) >= 11 is 0. The van der Waals surface area contributed by atoms with Crippen LogP contribution in [0.5, 0.6) is 0 Å². The van der Waals surface area contributed by atoms with Crippen LogP contribution < -0.4 is 16.8 Å². The fourth-order valence-corrected chi connectivity index (χ4v) is 2.96. The molecule has 1 saturated heterocycles. The molecule has 5 N–H and O–H groups in total. The summed E-state index contributed by atoms with van der Waals surface area (Å²) in [5.41, 5.74) is 14.3. The van der Waals surface area contributed by atoms with Crippen LogP contribution in [0, 0.1) is 0 Å². The Hall–Kier alpha value is -1.75. The number of piperidine rings is 1. The van der Waals surface area contributed by atoms with E-state index < -0.39 is 0 Å². The van der Waals surface area contributed by atoms with Crippen molar-refractivity contribution in [2.24, 2.45) is 11.5 Å². The van der Waals surface area contributed by atoms with Crippen LogP contribution in [-0.4, -0.2) is 29.9 Å². The Morgan fingerprint density at radius 2 is 2.09 bits per heavy atom. The lowest BCUT2D eigenvalue weighted by atomic mass is 9.95. The predicted octanol–water partition coefficient (Wildman–Crippen LogP) is 2.37. The Balaban J connectivity index is 2.73. The second-order valence-corrected chi connectivity index (χ2v) is 5.85. The molecule has 0 saturated carbocycles. The van der Waals surface area contributed by atoms with Gasteiger partial charge < -0.3 is 21.7 Å². The van der Waals surface area contributed by atoms with E-state index in [9.17, 15) is 4.79 Å². The Bertz CT molecular complexity index is 479. The highest BCUT2D eigenvalue weighted by molar-refractivity contribution is 5.77. The second-order valence-electron chi connectivity index (χ2n) is 5.85. The van der Waals surface area contributed by atoms with Gasteiger partial charge in [-0.15, -0.1) is 0 Å². The summed E-state index contributed by atoms with van der Waals surface area (Å²) in [6, 6.07) is 0.387. The van der Waals surface area contributed by atoms with E-state index in [0.717, 1.165) is 44.5 Å². The molecule has 130 valence electrons. The number of nitrogens with one attached hydrogen (secondary N) is 1. The molecule has 0 aromatic carbocycles. The Morgan fingerprint density at radius 1 is 1.35 bits per heavy atom. The lowest BCUT2D eigenvalue weighted by Gasteiger charge is -2.27. The maximum Gasteiger partial charge on any atom is 0.226 e. The molecule has 1 fully saturated rings. The van der Waals surface area contributed by atoms with Crippen molar-refractivity contribution in [3.8, 4) is 0 Å². The van der Waals surface area contributed by atoms with Gasteiger partial charge in [-0.05, 0) is 45.2 Å². The SMILES string of the molecule is CCC(=O)N(CC)/C(=C/CC1C/C(=C/C(N)=C/N)CCN1)CC. The zero-order chi connectivity index (χ0) is 17.2. The monoisotopic (exact) mass is 320 g/mol. The Morgan fingerprint density at radius 3 is 2.65 bits per heavy atom. The van der Waals surface area contributed by atoms with Crippen molar-refractivity contribution < 1.29 is 4.79 Å². The van der Waals surface area contributed by atoms with Crippen LogP contribution in [-0.2, 0) is 4.79 Å². The molecule has 5 nitrogen and oxygen atoms in total. The first kappa shape index (κ1) is 19.3. The lowest BCUT2D eigenvalue weighted by Crippen LogP contribution is -2.35. The molecule has 0 radical (unpaired) electrons. The summed E-state index contributed by atoms with van der Waals surface area (Å²) in [4.78, 5) is 13.9. The standard InChI is InChI=1S/C18H32N4O/c1-4-17(22(6-3)18(23)5-2)8-7-16-12-14(9-10-21-16)11-15(20)13-19/h8,11,13,16,21H,4-7,9-10,12,19-20H2,1-3H3/b14-11+,15-13-,17-8+. The van der Waals surface area contributed by atoms with E-state index in [4.69, 9.17) is 11.5 Å². The number of nitrogens with zero attached hydrogens (tertiary/aromatic N) is 1. The summed E-state index contributed by atoms with van der Waals surface area (Å²) in [5, 5.41) is 3.54. The highest BCUT2D eigenvalue weighted by atomic mass is 16.2. The van der Waals surface area contributed by atoms with Crippen molar-refractivity contribution >= 4 is 5.91 Å². The van der Waals surface area contributed by atoms with Crippen LogP contribution in [0.2, 0.25) is 0 Å². The third-order valence-electron chi connectivity index (χ3n) is 4.22. The summed E-state index contributed by atoms with van der Waals surface area (Å²) in [5.74, 6) is 0.193. The molecule has 1 aliphatic heterocycles. The number of allylic oxidation sites excluding steroid dienone is 2. The maximum absolute atomic E-state index is 12.0. The molecule has 1 heterocycles. The minimum absolute atomic E-state index is 0.193. The van der Waals surface area contributed by atoms with Gasteiger partial charge in [0, 0.05) is 36.6 Å². The van der Waals surface area contributed by atoms with E-state index in [1.54, 1.807) is 0 Å². The smallest absolute Gasteiger partial charge is 0.226 e. The van der Waals surface area contributed by atoms with E-state index >= 15 is 0 Å². The van der Waals surface area contributed by atoms with Gasteiger partial charge in [0.2, 0.25) is 5.91 Å². The van der Waals surface area contributed by atoms with Gasteiger partial charge >= 0.3 is 0 Å². The Kier molecular flexibility index (Phi) is 8.48. The fraction of sp³-hybridized carbons (Fsp3) is 0.611. The largest absolute Gasteiger partial charge is 0.403 e. The van der Waals surface area contributed by atoms with Crippen LogP contribution in [0.4, 0.5) is 0 Å². The van der Waals surface area contributed by atoms with Crippen LogP contribution in [0.25, 0.3) is 0 Å². The summed E-state index contributed by atoms with van der Waals surface area (Å²) < 4.78 is 0. The van der Waals surface area contributed by atoms with Gasteiger partial charge in [-0.25, -0.2) is 0 Å². The van der Waals surface area contributed by atoms with Gasteiger partial charge in [-0.2, -0.15) is 0 Å². The van der Waals surface area contributed by atoms with Crippen molar-refractivity contribution in [2.75, 3.05) is 13.1 Å². The molecule has 23 heavy (non-hydrogen) atoms. The number of hydrogen-bond acceptors (Lipinski definition) is 4. The topological polar surface area (TPSA) is 84.4 Å². The molecule has 0 aliphatic carbocycles. The van der Waals surface area contributed by atoms with Gasteiger partial charge in [-0.3, -0.25) is 4.79 Å². The quantitative estimate of drug-likeness (QED) is 0.672. The van der Waals surface area contributed by atoms with Gasteiger partial charge in [0.1, 0.15) is 0 Å². The molecule has 0 spiro atoms. The third-order valence-corrected chi connectivity index (χ3v) is 4.22. The van der Waals surface area contributed by atoms with Crippen LogP contribution in [0.3, 0.4) is 0 Å². The van der Waals surface area contributed by atoms with Crippen molar-refractivity contribution in [3.63, 3.8) is 0 Å². The van der Waals surface area contributed by atoms with Crippen LogP contribution >= 0.6 is 0 Å². The van der Waals surface area contributed by atoms with E-state index in [2.05, 4.69) is 18.3 Å². The highest BCUT2D eigenvalue weighted by Gasteiger charge is 2.17. The molecule has 0 aromatic heterocycles. The average molecular weight is 320 g/mol. The number of nitrogens with two attached hydrogens (primary N) is 2. The predicted molar refractivity (Wildman–Crippen MR) is 96.2 cm³/mol. The minimum atomic E-state index is 0.193. The number of rotatable bonds is 7. The van der Waals surface area contributed by atoms with Gasteiger partial charge in [0.25, 0.3) is 0 Å². The lowest BCUT2D eigenvalue weighted by molar-refractivity contribution is -0.128. The van der Waals surface area contributed by atoms with Crippen molar-refractivity contribution in [2.45, 2.75) is 58.9 Å². The molecule has 1 rings (SSSR count). The first-order valence-corrected chi connectivity index (χ1v) is 8.65. The van der Waals surface area contributed by atoms with E-state index in [1.807, 2.05) is 24.8 Å². The van der Waals surface area contributed by atoms with Gasteiger partial charge in [0.15, 0.2) is 0 Å². The number of carbonyl (C=O) groups is 1. The fourth-order valence-electron chi connectivity index (χ4n) is 2.96. The molecule has 5 heteroatoms. The number of carbonyl (C=O) groups excluding carboxylic acids is 1. The normalized spacial score (nSPS) is 21.5. The van der Waals surface area contributed by atoms with Crippen molar-refractivity contribution in [1.82, 2.24) is 10.2 Å². The first-order chi connectivity index (χ1) is 11.0. The average Bonchev–Trinajstić information content (AvgIpc) is 2.58. The van der Waals surface area contributed by atoms with Crippen LogP contribution in [0.15, 0.2) is 35.3 Å². The van der Waals surface area contributed by atoms with E-state index in [1.165, 1.54) is 11.8 Å². The molecular formula is C18H32N4O. The minimum Gasteiger partial charge on any atom is -0.403 e. The zero-order valence-corrected chi connectivity index (χ0v) is 14.8. The molecule has 1 aliphatic rings. The molecule has 1 atom stereocenters. The molecule has 0 aromatic rings. The molecule has 1 unspecified atom stereocenters. The summed E-state index contributed by atoms with van der Waals surface area (Å²) in [6.07, 6.45) is 9.94. The molecular weight excluding hydrogens is 288 g/mol. The van der Waals surface area contributed by atoms with Gasteiger partial charge in [0.05, 0.1) is 0 Å². The number of amides is 1. The molecule has 0 bridgehead atoms. The van der Waals surface area contributed by atoms with Crippen molar-refractivity contribution in [3.05, 3.63) is 35.3 Å². The summed E-state index contributed by atoms with van der Waals surface area (Å²) in [6.45, 7) is 7.72. The third kappa shape index (κ3) is 6.10. The zero-order valence-electron chi connectivity index (χ0n) is 14.8. The molecule has 1 amide bonds. The van der Waals surface area contributed by atoms with Crippen molar-refractivity contribution in [1.29, 1.82) is 0 Å².